The van der Waals surface area contributed by atoms with Crippen molar-refractivity contribution in [3.63, 3.8) is 0 Å². The molecule has 2 amide bonds. The van der Waals surface area contributed by atoms with Crippen LogP contribution in [0.25, 0.3) is 0 Å². The van der Waals surface area contributed by atoms with Crippen LogP contribution in [-0.4, -0.2) is 66.5 Å². The number of nitrogens with one attached hydrogen (secondary N) is 1. The summed E-state index contributed by atoms with van der Waals surface area (Å²) >= 11 is 0. The minimum Gasteiger partial charge on any atom is -0.378 e. The van der Waals surface area contributed by atoms with E-state index in [1.807, 2.05) is 13.0 Å². The fourth-order valence-electron chi connectivity index (χ4n) is 3.47. The van der Waals surface area contributed by atoms with Crippen LogP contribution in [0.3, 0.4) is 0 Å². The smallest absolute Gasteiger partial charge is 0.245 e. The van der Waals surface area contributed by atoms with Gasteiger partial charge in [-0.15, -0.1) is 0 Å². The van der Waals surface area contributed by atoms with E-state index in [2.05, 4.69) is 28.4 Å². The third kappa shape index (κ3) is 4.19. The number of benzene rings is 1. The summed E-state index contributed by atoms with van der Waals surface area (Å²) in [6.07, 6.45) is 0.954. The van der Waals surface area contributed by atoms with Crippen LogP contribution in [0.5, 0.6) is 0 Å². The largest absolute Gasteiger partial charge is 0.378 e. The Kier molecular flexibility index (Phi) is 5.71. The number of rotatable bonds is 4. The van der Waals surface area contributed by atoms with Gasteiger partial charge in [0, 0.05) is 26.2 Å². The molecule has 25 heavy (non-hydrogen) atoms. The highest BCUT2D eigenvalue weighted by atomic mass is 16.5. The van der Waals surface area contributed by atoms with Crippen molar-refractivity contribution in [3.8, 4) is 0 Å². The molecule has 1 N–H and O–H groups in total. The maximum absolute atomic E-state index is 12.6. The predicted molar refractivity (Wildman–Crippen MR) is 95.0 cm³/mol. The van der Waals surface area contributed by atoms with Crippen molar-refractivity contribution in [1.82, 2.24) is 15.1 Å². The highest BCUT2D eigenvalue weighted by molar-refractivity contribution is 5.89. The Morgan fingerprint density at radius 3 is 2.48 bits per heavy atom. The van der Waals surface area contributed by atoms with E-state index in [1.54, 1.807) is 11.8 Å². The van der Waals surface area contributed by atoms with Crippen molar-refractivity contribution in [2.45, 2.75) is 38.9 Å². The van der Waals surface area contributed by atoms with Gasteiger partial charge in [0.2, 0.25) is 11.8 Å². The molecule has 1 aromatic carbocycles. The molecule has 3 rings (SSSR count). The number of hydrogen-bond donors (Lipinski definition) is 1. The molecule has 0 spiro atoms. The Hall–Kier alpha value is -1.92. The fourth-order valence-corrected chi connectivity index (χ4v) is 3.47. The molecule has 0 bridgehead atoms. The van der Waals surface area contributed by atoms with Crippen LogP contribution in [-0.2, 0) is 27.3 Å². The number of fused-ring (bicyclic) bond motifs is 1. The molecule has 0 radical (unpaired) electrons. The third-order valence-corrected chi connectivity index (χ3v) is 5.14. The first-order chi connectivity index (χ1) is 12.1. The van der Waals surface area contributed by atoms with Gasteiger partial charge in [-0.2, -0.15) is 0 Å². The second-order valence-electron chi connectivity index (χ2n) is 6.83. The SMILES string of the molecule is C[C@@H](NC(=O)[C@H](C)N1CCc2ccccc2C1)C(=O)N1CCOCC1. The van der Waals surface area contributed by atoms with Crippen molar-refractivity contribution in [1.29, 1.82) is 0 Å². The van der Waals surface area contributed by atoms with Crippen molar-refractivity contribution in [3.05, 3.63) is 35.4 Å². The molecule has 6 nitrogen and oxygen atoms in total. The first-order valence-electron chi connectivity index (χ1n) is 9.04. The Morgan fingerprint density at radius 1 is 1.08 bits per heavy atom. The summed E-state index contributed by atoms with van der Waals surface area (Å²) in [4.78, 5) is 29.0. The lowest BCUT2D eigenvalue weighted by Crippen LogP contribution is -2.54. The van der Waals surface area contributed by atoms with Crippen LogP contribution in [0.4, 0.5) is 0 Å². The second-order valence-corrected chi connectivity index (χ2v) is 6.83. The van der Waals surface area contributed by atoms with E-state index in [0.717, 1.165) is 19.5 Å². The lowest BCUT2D eigenvalue weighted by Gasteiger charge is -2.34. The van der Waals surface area contributed by atoms with E-state index in [9.17, 15) is 9.59 Å². The quantitative estimate of drug-likeness (QED) is 0.877. The van der Waals surface area contributed by atoms with Crippen LogP contribution in [0.2, 0.25) is 0 Å². The Labute approximate surface area is 149 Å². The number of hydrogen-bond acceptors (Lipinski definition) is 4. The minimum atomic E-state index is -0.509. The summed E-state index contributed by atoms with van der Waals surface area (Å²) in [5.74, 6) is -0.124. The van der Waals surface area contributed by atoms with Crippen LogP contribution in [0, 0.1) is 0 Å². The number of amides is 2. The van der Waals surface area contributed by atoms with Crippen molar-refractivity contribution in [2.75, 3.05) is 32.8 Å². The standard InChI is InChI=1S/C19H27N3O3/c1-14(19(24)21-9-11-25-12-10-21)20-18(23)15(2)22-8-7-16-5-3-4-6-17(16)13-22/h3-6,14-15H,7-13H2,1-2H3,(H,20,23)/t14-,15+/m1/s1. The van der Waals surface area contributed by atoms with E-state index >= 15 is 0 Å². The predicted octanol–water partition coefficient (Wildman–Crippen LogP) is 0.797. The molecule has 1 aromatic rings. The van der Waals surface area contributed by atoms with Gasteiger partial charge in [0.05, 0.1) is 19.3 Å². The Morgan fingerprint density at radius 2 is 1.76 bits per heavy atom. The summed E-state index contributed by atoms with van der Waals surface area (Å²) in [7, 11) is 0. The topological polar surface area (TPSA) is 61.9 Å². The zero-order chi connectivity index (χ0) is 17.8. The summed E-state index contributed by atoms with van der Waals surface area (Å²) in [6.45, 7) is 7.62. The monoisotopic (exact) mass is 345 g/mol. The van der Waals surface area contributed by atoms with E-state index < -0.39 is 6.04 Å². The Balaban J connectivity index is 1.54. The molecule has 6 heteroatoms. The maximum Gasteiger partial charge on any atom is 0.245 e. The van der Waals surface area contributed by atoms with Crippen LogP contribution < -0.4 is 5.32 Å². The average molecular weight is 345 g/mol. The average Bonchev–Trinajstić information content (AvgIpc) is 2.67. The Bertz CT molecular complexity index is 628. The number of nitrogens with zero attached hydrogens (tertiary/aromatic N) is 2. The van der Waals surface area contributed by atoms with Crippen LogP contribution in [0.1, 0.15) is 25.0 Å². The molecule has 0 aromatic heterocycles. The summed E-state index contributed by atoms with van der Waals surface area (Å²) < 4.78 is 5.27. The van der Waals surface area contributed by atoms with E-state index in [-0.39, 0.29) is 17.9 Å². The van der Waals surface area contributed by atoms with Gasteiger partial charge in [0.1, 0.15) is 6.04 Å². The van der Waals surface area contributed by atoms with Gasteiger partial charge in [-0.3, -0.25) is 14.5 Å². The number of morpholine rings is 1. The molecule has 136 valence electrons. The molecule has 2 aliphatic rings. The molecular formula is C19H27N3O3. The van der Waals surface area contributed by atoms with Crippen molar-refractivity contribution in [2.24, 2.45) is 0 Å². The molecule has 2 heterocycles. The summed E-state index contributed by atoms with van der Waals surface area (Å²) in [5, 5.41) is 2.89. The summed E-state index contributed by atoms with van der Waals surface area (Å²) in [5.41, 5.74) is 2.65. The van der Waals surface area contributed by atoms with Crippen molar-refractivity contribution >= 4 is 11.8 Å². The molecule has 2 aliphatic heterocycles. The minimum absolute atomic E-state index is 0.0344. The van der Waals surface area contributed by atoms with Gasteiger partial charge in [-0.05, 0) is 31.4 Å². The van der Waals surface area contributed by atoms with Gasteiger partial charge in [-0.1, -0.05) is 24.3 Å². The van der Waals surface area contributed by atoms with E-state index in [0.29, 0.717) is 26.3 Å². The summed E-state index contributed by atoms with van der Waals surface area (Å²) in [6, 6.07) is 7.61. The molecule has 2 atom stereocenters. The normalized spacial score (nSPS) is 20.5. The van der Waals surface area contributed by atoms with Gasteiger partial charge in [0.25, 0.3) is 0 Å². The second kappa shape index (κ2) is 7.97. The number of carbonyl (C=O) groups is 2. The first-order valence-corrected chi connectivity index (χ1v) is 9.04. The van der Waals surface area contributed by atoms with Crippen LogP contribution in [0.15, 0.2) is 24.3 Å². The molecular weight excluding hydrogens is 318 g/mol. The molecule has 0 saturated carbocycles. The first kappa shape index (κ1) is 17.9. The molecule has 1 fully saturated rings. The lowest BCUT2D eigenvalue weighted by atomic mass is 9.98. The van der Waals surface area contributed by atoms with Crippen molar-refractivity contribution < 1.29 is 14.3 Å². The fraction of sp³-hybridized carbons (Fsp3) is 0.579. The highest BCUT2D eigenvalue weighted by Crippen LogP contribution is 2.20. The van der Waals surface area contributed by atoms with Gasteiger partial charge in [0.15, 0.2) is 0 Å². The maximum atomic E-state index is 12.6. The number of ether oxygens (including phenoxy) is 1. The third-order valence-electron chi connectivity index (χ3n) is 5.14. The molecule has 1 saturated heterocycles. The van der Waals surface area contributed by atoms with Gasteiger partial charge < -0.3 is 15.0 Å². The molecule has 0 unspecified atom stereocenters. The zero-order valence-corrected chi connectivity index (χ0v) is 15.0. The van der Waals surface area contributed by atoms with Gasteiger partial charge in [-0.25, -0.2) is 0 Å². The zero-order valence-electron chi connectivity index (χ0n) is 15.0. The van der Waals surface area contributed by atoms with Crippen LogP contribution >= 0.6 is 0 Å². The van der Waals surface area contributed by atoms with Gasteiger partial charge >= 0.3 is 0 Å². The lowest BCUT2D eigenvalue weighted by molar-refractivity contribution is -0.140. The van der Waals surface area contributed by atoms with E-state index in [1.165, 1.54) is 11.1 Å². The highest BCUT2D eigenvalue weighted by Gasteiger charge is 2.29. The molecule has 0 aliphatic carbocycles. The number of carbonyl (C=O) groups excluding carboxylic acids is 2. The van der Waals surface area contributed by atoms with E-state index in [4.69, 9.17) is 4.74 Å².